The molecule has 4 heterocycles. The number of amides is 3. The van der Waals surface area contributed by atoms with Crippen LogP contribution in [-0.2, 0) is 53.8 Å². The lowest BCUT2D eigenvalue weighted by atomic mass is 9.77. The molecule has 5 N–H and O–H groups in total. The van der Waals surface area contributed by atoms with Gasteiger partial charge in [0.25, 0.3) is 17.4 Å². The number of carbonyl (C=O) groups is 4. The van der Waals surface area contributed by atoms with Crippen molar-refractivity contribution in [3.63, 3.8) is 0 Å². The van der Waals surface area contributed by atoms with E-state index in [-0.39, 0.29) is 43.3 Å². The number of nitrogens with two attached hydrogens (primary N) is 1. The number of aryl methyl sites for hydroxylation is 1. The average Bonchev–Trinajstić information content (AvgIpc) is 3.41. The van der Waals surface area contributed by atoms with Crippen LogP contribution < -0.4 is 21.9 Å². The number of ether oxygens (including phenoxy) is 3. The standard InChI is InChI=1S/C33H34FN5O9/c1-3-33(45)19-9-23-27-17(11-39(23)28(41)18(19)12-46-30(33)43)26-21(6-5-16-15(2)20(34)10-22(37-27)25(16)26)38-29(42)32(7-4-8-32)48-14-36-24(40)13-47-31(35)44/h9-10,21,45H,3-8,11-14H2,1-2H3,(H2,35,44)(H,36,40)(H,38,42)/t21-,33-/m0/s1. The van der Waals surface area contributed by atoms with Gasteiger partial charge in [-0.25, -0.2) is 19.0 Å². The van der Waals surface area contributed by atoms with Crippen LogP contribution >= 0.6 is 0 Å². The summed E-state index contributed by atoms with van der Waals surface area (Å²) in [6.07, 6.45) is 1.35. The van der Waals surface area contributed by atoms with E-state index in [2.05, 4.69) is 15.4 Å². The fourth-order valence-electron chi connectivity index (χ4n) is 7.37. The van der Waals surface area contributed by atoms with Gasteiger partial charge in [-0.05, 0) is 68.2 Å². The fraction of sp³-hybridized carbons (Fsp3) is 0.455. The fourth-order valence-corrected chi connectivity index (χ4v) is 7.37. The number of hydrogen-bond donors (Lipinski definition) is 4. The molecule has 4 aliphatic rings. The molecule has 0 bridgehead atoms. The van der Waals surface area contributed by atoms with Crippen LogP contribution in [0.3, 0.4) is 0 Å². The number of rotatable bonds is 8. The summed E-state index contributed by atoms with van der Waals surface area (Å²) in [5, 5.41) is 17.6. The van der Waals surface area contributed by atoms with Gasteiger partial charge in [0.1, 0.15) is 24.8 Å². The number of cyclic esters (lactones) is 1. The SMILES string of the molecule is CC[C@@]1(O)C(=O)OCc2c1cc1n(c2=O)Cc2c-1nc1cc(F)c(C)c3c1c2[C@@H](NC(=O)C1(OCNC(=O)COC(N)=O)CCC1)CC3. The van der Waals surface area contributed by atoms with E-state index in [1.807, 2.05) is 0 Å². The zero-order valence-electron chi connectivity index (χ0n) is 26.4. The number of hydrogen-bond acceptors (Lipinski definition) is 10. The quantitative estimate of drug-likeness (QED) is 0.159. The molecular formula is C33H34FN5O9. The third kappa shape index (κ3) is 4.74. The van der Waals surface area contributed by atoms with E-state index in [4.69, 9.17) is 20.2 Å². The number of aromatic nitrogens is 2. The number of esters is 1. The van der Waals surface area contributed by atoms with Crippen LogP contribution in [0.5, 0.6) is 0 Å². The highest BCUT2D eigenvalue weighted by atomic mass is 19.1. The van der Waals surface area contributed by atoms with E-state index >= 15 is 4.39 Å². The molecule has 0 unspecified atom stereocenters. The van der Waals surface area contributed by atoms with Crippen molar-refractivity contribution in [3.05, 3.63) is 61.7 Å². The van der Waals surface area contributed by atoms with Gasteiger partial charge < -0.3 is 40.3 Å². The van der Waals surface area contributed by atoms with E-state index in [1.54, 1.807) is 19.9 Å². The molecule has 0 spiro atoms. The molecule has 2 atom stereocenters. The van der Waals surface area contributed by atoms with Crippen molar-refractivity contribution in [2.75, 3.05) is 13.3 Å². The summed E-state index contributed by atoms with van der Waals surface area (Å²) in [5.74, 6) is -2.28. The van der Waals surface area contributed by atoms with Crippen LogP contribution in [0.4, 0.5) is 9.18 Å². The van der Waals surface area contributed by atoms with E-state index < -0.39 is 53.2 Å². The average molecular weight is 664 g/mol. The van der Waals surface area contributed by atoms with Crippen molar-refractivity contribution >= 4 is 34.8 Å². The molecule has 14 nitrogen and oxygen atoms in total. The summed E-state index contributed by atoms with van der Waals surface area (Å²) in [6.45, 7) is 2.28. The van der Waals surface area contributed by atoms with Crippen LogP contribution in [0.1, 0.15) is 78.5 Å². The Kier molecular flexibility index (Phi) is 7.51. The maximum absolute atomic E-state index is 15.2. The van der Waals surface area contributed by atoms with Crippen molar-refractivity contribution in [3.8, 4) is 11.4 Å². The molecule has 15 heteroatoms. The summed E-state index contributed by atoms with van der Waals surface area (Å²) < 4.78 is 32.3. The normalized spacial score (nSPS) is 21.3. The number of benzene rings is 1. The summed E-state index contributed by atoms with van der Waals surface area (Å²) in [5.41, 5.74) is 5.40. The first-order valence-corrected chi connectivity index (χ1v) is 15.8. The van der Waals surface area contributed by atoms with Gasteiger partial charge in [0.2, 0.25) is 0 Å². The second-order valence-corrected chi connectivity index (χ2v) is 12.7. The second kappa shape index (κ2) is 11.4. The molecule has 3 amide bonds. The highest BCUT2D eigenvalue weighted by Crippen LogP contribution is 2.46. The summed E-state index contributed by atoms with van der Waals surface area (Å²) in [6, 6.07) is 2.40. The molecule has 252 valence electrons. The molecule has 48 heavy (non-hydrogen) atoms. The molecule has 2 aromatic heterocycles. The zero-order valence-corrected chi connectivity index (χ0v) is 26.4. The monoisotopic (exact) mass is 663 g/mol. The van der Waals surface area contributed by atoms with Crippen molar-refractivity contribution in [2.45, 2.75) is 82.8 Å². The highest BCUT2D eigenvalue weighted by Gasteiger charge is 2.48. The van der Waals surface area contributed by atoms with Gasteiger partial charge in [-0.15, -0.1) is 0 Å². The van der Waals surface area contributed by atoms with Crippen LogP contribution in [0.15, 0.2) is 16.9 Å². The second-order valence-electron chi connectivity index (χ2n) is 12.7. The van der Waals surface area contributed by atoms with E-state index in [0.29, 0.717) is 59.1 Å². The lowest BCUT2D eigenvalue weighted by Gasteiger charge is -2.41. The smallest absolute Gasteiger partial charge is 0.405 e. The first kappa shape index (κ1) is 31.7. The first-order valence-electron chi connectivity index (χ1n) is 15.8. The maximum Gasteiger partial charge on any atom is 0.405 e. The van der Waals surface area contributed by atoms with Gasteiger partial charge in [0.15, 0.2) is 12.2 Å². The van der Waals surface area contributed by atoms with Gasteiger partial charge >= 0.3 is 12.1 Å². The number of pyridine rings is 2. The number of carbonyl (C=O) groups excluding carboxylic acids is 4. The Morgan fingerprint density at radius 3 is 2.67 bits per heavy atom. The van der Waals surface area contributed by atoms with Gasteiger partial charge in [-0.1, -0.05) is 6.92 Å². The topological polar surface area (TPSA) is 201 Å². The Morgan fingerprint density at radius 1 is 1.21 bits per heavy atom. The predicted octanol–water partition coefficient (Wildman–Crippen LogP) is 1.74. The molecule has 1 aromatic carbocycles. The van der Waals surface area contributed by atoms with Gasteiger partial charge in [-0.2, -0.15) is 0 Å². The first-order chi connectivity index (χ1) is 22.9. The third-order valence-corrected chi connectivity index (χ3v) is 10.2. The summed E-state index contributed by atoms with van der Waals surface area (Å²) >= 11 is 0. The van der Waals surface area contributed by atoms with Crippen molar-refractivity contribution in [1.82, 2.24) is 20.2 Å². The molecule has 0 radical (unpaired) electrons. The summed E-state index contributed by atoms with van der Waals surface area (Å²) in [4.78, 5) is 68.0. The Balaban J connectivity index is 1.27. The van der Waals surface area contributed by atoms with Gasteiger partial charge in [0.05, 0.1) is 35.1 Å². The van der Waals surface area contributed by atoms with Crippen LogP contribution in [0.25, 0.3) is 22.3 Å². The number of fused-ring (bicyclic) bond motifs is 5. The van der Waals surface area contributed by atoms with Crippen LogP contribution in [-0.4, -0.2) is 57.5 Å². The highest BCUT2D eigenvalue weighted by molar-refractivity contribution is 5.94. The Hall–Kier alpha value is -4.89. The van der Waals surface area contributed by atoms with E-state index in [0.717, 1.165) is 17.5 Å². The maximum atomic E-state index is 15.2. The number of halogens is 1. The van der Waals surface area contributed by atoms with Gasteiger partial charge in [0, 0.05) is 22.6 Å². The molecular weight excluding hydrogens is 629 g/mol. The zero-order chi connectivity index (χ0) is 34.1. The molecule has 2 aliphatic heterocycles. The van der Waals surface area contributed by atoms with Gasteiger partial charge in [-0.3, -0.25) is 14.4 Å². The molecule has 1 fully saturated rings. The molecule has 0 saturated heterocycles. The predicted molar refractivity (Wildman–Crippen MR) is 165 cm³/mol. The van der Waals surface area contributed by atoms with Crippen molar-refractivity contribution < 1.29 is 42.9 Å². The van der Waals surface area contributed by atoms with E-state index in [1.165, 1.54) is 10.6 Å². The Bertz CT molecular complexity index is 2010. The number of nitrogens with one attached hydrogen (secondary N) is 2. The molecule has 1 saturated carbocycles. The third-order valence-electron chi connectivity index (χ3n) is 10.2. The lowest BCUT2D eigenvalue weighted by Crippen LogP contribution is -2.56. The minimum absolute atomic E-state index is 0.0123. The number of primary amides is 1. The number of aliphatic hydroxyl groups is 1. The summed E-state index contributed by atoms with van der Waals surface area (Å²) in [7, 11) is 0. The Morgan fingerprint density at radius 2 is 1.98 bits per heavy atom. The lowest BCUT2D eigenvalue weighted by molar-refractivity contribution is -0.172. The van der Waals surface area contributed by atoms with Crippen LogP contribution in [0.2, 0.25) is 0 Å². The van der Waals surface area contributed by atoms with E-state index in [9.17, 15) is 29.1 Å². The molecule has 3 aromatic rings. The van der Waals surface area contributed by atoms with Crippen molar-refractivity contribution in [2.24, 2.45) is 5.73 Å². The Labute approximate surface area is 272 Å². The number of nitrogens with zero attached hydrogens (tertiary/aromatic N) is 2. The minimum atomic E-state index is -2.01. The molecule has 7 rings (SSSR count). The molecule has 2 aliphatic carbocycles. The minimum Gasteiger partial charge on any atom is -0.458 e. The van der Waals surface area contributed by atoms with Crippen molar-refractivity contribution in [1.29, 1.82) is 0 Å². The largest absolute Gasteiger partial charge is 0.458 e. The van der Waals surface area contributed by atoms with Crippen LogP contribution in [0, 0.1) is 12.7 Å².